The molecule has 0 radical (unpaired) electrons. The highest BCUT2D eigenvalue weighted by Gasteiger charge is 2.37. The van der Waals surface area contributed by atoms with Crippen molar-refractivity contribution in [1.29, 1.82) is 0 Å². The molecule has 0 spiro atoms. The third-order valence-electron chi connectivity index (χ3n) is 3.04. The zero-order valence-electron chi connectivity index (χ0n) is 9.30. The average Bonchev–Trinajstić information content (AvgIpc) is 3.12. The molecule has 0 atom stereocenters. The Labute approximate surface area is 114 Å². The van der Waals surface area contributed by atoms with Gasteiger partial charge >= 0.3 is 0 Å². The monoisotopic (exact) mass is 281 g/mol. The Bertz CT molecular complexity index is 599. The fourth-order valence-corrected chi connectivity index (χ4v) is 2.31. The van der Waals surface area contributed by atoms with Crippen LogP contribution in [0.3, 0.4) is 0 Å². The maximum absolute atomic E-state index is 10.9. The smallest absolute Gasteiger partial charge is 0.168 e. The molecule has 2 aliphatic rings. The molecule has 92 valence electrons. The third kappa shape index (κ3) is 1.91. The molecule has 3 nitrogen and oxygen atoms in total. The minimum absolute atomic E-state index is 0.376. The van der Waals surface area contributed by atoms with Crippen LogP contribution in [-0.4, -0.2) is 5.94 Å². The zero-order chi connectivity index (χ0) is 12.7. The maximum atomic E-state index is 10.9. The molecule has 0 amide bonds. The summed E-state index contributed by atoms with van der Waals surface area (Å²) in [6.45, 7) is 0. The predicted molar refractivity (Wildman–Crippen MR) is 69.5 cm³/mol. The normalized spacial score (nSPS) is 18.4. The number of rotatable bonds is 2. The first-order valence-corrected chi connectivity index (χ1v) is 6.34. The van der Waals surface area contributed by atoms with Gasteiger partial charge in [0.1, 0.15) is 0 Å². The molecule has 3 rings (SSSR count). The Morgan fingerprint density at radius 2 is 2.06 bits per heavy atom. The molecule has 1 aliphatic heterocycles. The lowest BCUT2D eigenvalue weighted by Crippen LogP contribution is -2.06. The van der Waals surface area contributed by atoms with Crippen LogP contribution in [0.2, 0.25) is 10.0 Å². The Hall–Kier alpha value is -1.41. The van der Waals surface area contributed by atoms with Gasteiger partial charge < -0.3 is 4.84 Å². The van der Waals surface area contributed by atoms with E-state index in [1.807, 2.05) is 12.0 Å². The van der Waals surface area contributed by atoms with Crippen molar-refractivity contribution in [2.75, 3.05) is 0 Å². The van der Waals surface area contributed by atoms with Gasteiger partial charge in [0.2, 0.25) is 0 Å². The highest BCUT2D eigenvalue weighted by Crippen LogP contribution is 2.45. The molecular formula is C13H9Cl2NO2. The fraction of sp³-hybridized carbons (Fsp3) is 0.231. The summed E-state index contributed by atoms with van der Waals surface area (Å²) in [5.74, 6) is 2.90. The number of hydrogen-bond acceptors (Lipinski definition) is 3. The van der Waals surface area contributed by atoms with Crippen molar-refractivity contribution >= 4 is 34.9 Å². The second-order valence-corrected chi connectivity index (χ2v) is 5.14. The van der Waals surface area contributed by atoms with Gasteiger partial charge in [-0.05, 0) is 37.0 Å². The summed E-state index contributed by atoms with van der Waals surface area (Å²) in [6, 6.07) is 5.26. The van der Waals surface area contributed by atoms with E-state index in [0.717, 1.165) is 24.0 Å². The van der Waals surface area contributed by atoms with E-state index < -0.39 is 0 Å². The fourth-order valence-electron chi connectivity index (χ4n) is 2.01. The molecule has 1 aromatic carbocycles. The Morgan fingerprint density at radius 3 is 2.67 bits per heavy atom. The Morgan fingerprint density at radius 1 is 1.28 bits per heavy atom. The van der Waals surface area contributed by atoms with E-state index in [1.54, 1.807) is 12.1 Å². The van der Waals surface area contributed by atoms with Crippen molar-refractivity contribution in [3.63, 3.8) is 0 Å². The van der Waals surface area contributed by atoms with Gasteiger partial charge in [-0.15, -0.1) is 0 Å². The van der Waals surface area contributed by atoms with Crippen molar-refractivity contribution in [1.82, 2.24) is 5.48 Å². The molecular weight excluding hydrogens is 273 g/mol. The topological polar surface area (TPSA) is 38.3 Å². The lowest BCUT2D eigenvalue weighted by Gasteiger charge is -2.05. The molecule has 1 saturated carbocycles. The Kier molecular flexibility index (Phi) is 2.83. The molecule has 0 bridgehead atoms. The summed E-state index contributed by atoms with van der Waals surface area (Å²) in [5, 5.41) is 0.954. The highest BCUT2D eigenvalue weighted by molar-refractivity contribution is 6.42. The van der Waals surface area contributed by atoms with Crippen LogP contribution < -0.4 is 5.48 Å². The van der Waals surface area contributed by atoms with E-state index in [9.17, 15) is 4.79 Å². The van der Waals surface area contributed by atoms with E-state index in [4.69, 9.17) is 28.0 Å². The summed E-state index contributed by atoms with van der Waals surface area (Å²) >= 11 is 11.9. The summed E-state index contributed by atoms with van der Waals surface area (Å²) in [4.78, 5) is 16.2. The summed E-state index contributed by atoms with van der Waals surface area (Å²) < 4.78 is 0. The van der Waals surface area contributed by atoms with Crippen LogP contribution in [-0.2, 0) is 9.63 Å². The number of hydroxylamine groups is 1. The molecule has 1 fully saturated rings. The maximum Gasteiger partial charge on any atom is 0.168 e. The molecule has 0 unspecified atom stereocenters. The van der Waals surface area contributed by atoms with E-state index in [-0.39, 0.29) is 0 Å². The van der Waals surface area contributed by atoms with Crippen molar-refractivity contribution < 1.29 is 9.63 Å². The number of hydrogen-bond donors (Lipinski definition) is 1. The quantitative estimate of drug-likeness (QED) is 0.845. The van der Waals surface area contributed by atoms with Crippen LogP contribution in [0.4, 0.5) is 0 Å². The number of carbonyl (C=O) groups excluding carboxylic acids is 1. The van der Waals surface area contributed by atoms with Crippen molar-refractivity contribution in [3.8, 4) is 0 Å². The van der Waals surface area contributed by atoms with E-state index >= 15 is 0 Å². The second-order valence-electron chi connectivity index (χ2n) is 4.33. The van der Waals surface area contributed by atoms with E-state index in [0.29, 0.717) is 27.4 Å². The highest BCUT2D eigenvalue weighted by atomic mass is 35.5. The van der Waals surface area contributed by atoms with E-state index in [2.05, 4.69) is 5.48 Å². The molecule has 18 heavy (non-hydrogen) atoms. The Balaban J connectivity index is 2.11. The van der Waals surface area contributed by atoms with Gasteiger partial charge in [0.15, 0.2) is 17.4 Å². The second kappa shape index (κ2) is 4.36. The first-order valence-electron chi connectivity index (χ1n) is 5.58. The third-order valence-corrected chi connectivity index (χ3v) is 3.78. The van der Waals surface area contributed by atoms with Crippen LogP contribution in [0, 0.1) is 5.92 Å². The minimum atomic E-state index is 0.376. The van der Waals surface area contributed by atoms with Gasteiger partial charge in [-0.25, -0.2) is 10.3 Å². The molecule has 1 heterocycles. The van der Waals surface area contributed by atoms with Gasteiger partial charge in [-0.2, -0.15) is 0 Å². The van der Waals surface area contributed by atoms with Crippen molar-refractivity contribution in [2.45, 2.75) is 12.8 Å². The zero-order valence-corrected chi connectivity index (χ0v) is 10.8. The van der Waals surface area contributed by atoms with E-state index in [1.165, 1.54) is 0 Å². The molecule has 1 aromatic rings. The minimum Gasteiger partial charge on any atom is -0.380 e. The van der Waals surface area contributed by atoms with Crippen LogP contribution in [0.15, 0.2) is 29.5 Å². The first kappa shape index (κ1) is 11.7. The van der Waals surface area contributed by atoms with Crippen molar-refractivity contribution in [2.24, 2.45) is 5.92 Å². The molecule has 0 saturated heterocycles. The number of halogens is 2. The summed E-state index contributed by atoms with van der Waals surface area (Å²) in [7, 11) is 0. The van der Waals surface area contributed by atoms with Gasteiger partial charge in [0.05, 0.1) is 10.0 Å². The van der Waals surface area contributed by atoms with Gasteiger partial charge in [0.25, 0.3) is 0 Å². The van der Waals surface area contributed by atoms with Gasteiger partial charge in [-0.1, -0.05) is 23.2 Å². The van der Waals surface area contributed by atoms with Gasteiger partial charge in [0, 0.05) is 11.1 Å². The lowest BCUT2D eigenvalue weighted by molar-refractivity contribution is 0.211. The molecule has 1 aliphatic carbocycles. The lowest BCUT2D eigenvalue weighted by atomic mass is 10.0. The van der Waals surface area contributed by atoms with Gasteiger partial charge in [-0.3, -0.25) is 0 Å². The first-order chi connectivity index (χ1) is 8.70. The van der Waals surface area contributed by atoms with Crippen LogP contribution in [0.25, 0.3) is 5.76 Å². The number of nitrogens with one attached hydrogen (secondary N) is 1. The molecule has 1 N–H and O–H groups in total. The predicted octanol–water partition coefficient (Wildman–Crippen LogP) is 3.36. The SMILES string of the molecule is O=C=C1NOC(c2ccc(Cl)c(Cl)c2)=C1C1CC1. The number of benzene rings is 1. The molecule has 5 heteroatoms. The largest absolute Gasteiger partial charge is 0.380 e. The van der Waals surface area contributed by atoms with Crippen LogP contribution in [0.5, 0.6) is 0 Å². The summed E-state index contributed by atoms with van der Waals surface area (Å²) in [5.41, 5.74) is 4.69. The average molecular weight is 282 g/mol. The summed E-state index contributed by atoms with van der Waals surface area (Å²) in [6.07, 6.45) is 2.13. The van der Waals surface area contributed by atoms with Crippen LogP contribution >= 0.6 is 23.2 Å². The molecule has 0 aromatic heterocycles. The standard InChI is InChI=1S/C13H9Cl2NO2/c14-9-4-3-8(5-10(9)15)13-12(7-1-2-7)11(6-17)16-18-13/h3-5,7,16H,1-2H2. The number of allylic oxidation sites excluding steroid dienone is 1. The van der Waals surface area contributed by atoms with Crippen molar-refractivity contribution in [3.05, 3.63) is 45.1 Å². The van der Waals surface area contributed by atoms with Crippen LogP contribution in [0.1, 0.15) is 18.4 Å².